The summed E-state index contributed by atoms with van der Waals surface area (Å²) >= 11 is 0. The minimum absolute atomic E-state index is 0.605. The summed E-state index contributed by atoms with van der Waals surface area (Å²) in [6, 6.07) is 9.62. The first-order valence-electron chi connectivity index (χ1n) is 7.89. The zero-order chi connectivity index (χ0) is 12.7. The molecular formula is C18H23N. The van der Waals surface area contributed by atoms with E-state index in [1.165, 1.54) is 38.6 Å². The van der Waals surface area contributed by atoms with Crippen LogP contribution in [0.5, 0.6) is 0 Å². The van der Waals surface area contributed by atoms with E-state index in [9.17, 15) is 0 Å². The van der Waals surface area contributed by atoms with Crippen molar-refractivity contribution in [1.82, 2.24) is 5.32 Å². The smallest absolute Gasteiger partial charge is 0.0323 e. The Bertz CT molecular complexity index is 490. The van der Waals surface area contributed by atoms with Crippen molar-refractivity contribution in [2.24, 2.45) is 17.8 Å². The van der Waals surface area contributed by atoms with Gasteiger partial charge in [0, 0.05) is 6.04 Å². The van der Waals surface area contributed by atoms with E-state index in [1.807, 2.05) is 0 Å². The molecule has 3 aliphatic carbocycles. The molecule has 1 aromatic rings. The summed E-state index contributed by atoms with van der Waals surface area (Å²) in [5, 5.41) is 3.87. The highest BCUT2D eigenvalue weighted by Crippen LogP contribution is 2.43. The molecule has 4 unspecified atom stereocenters. The molecule has 0 spiro atoms. The molecule has 1 nitrogen and oxygen atoms in total. The highest BCUT2D eigenvalue weighted by molar-refractivity contribution is 5.32. The van der Waals surface area contributed by atoms with Crippen LogP contribution in [0.1, 0.15) is 42.9 Å². The molecule has 19 heavy (non-hydrogen) atoms. The van der Waals surface area contributed by atoms with E-state index in [-0.39, 0.29) is 0 Å². The number of hydrogen-bond donors (Lipinski definition) is 1. The lowest BCUT2D eigenvalue weighted by Crippen LogP contribution is -2.31. The second-order valence-corrected chi connectivity index (χ2v) is 6.59. The van der Waals surface area contributed by atoms with Crippen LogP contribution in [0.25, 0.3) is 0 Å². The molecule has 0 aromatic heterocycles. The number of allylic oxidation sites excluding steroid dienone is 2. The van der Waals surface area contributed by atoms with E-state index < -0.39 is 0 Å². The van der Waals surface area contributed by atoms with E-state index in [0.717, 1.165) is 17.8 Å². The third kappa shape index (κ3) is 2.14. The van der Waals surface area contributed by atoms with Crippen LogP contribution in [0.3, 0.4) is 0 Å². The third-order valence-corrected chi connectivity index (χ3v) is 5.41. The Labute approximate surface area is 116 Å². The van der Waals surface area contributed by atoms with Gasteiger partial charge in [0.25, 0.3) is 0 Å². The van der Waals surface area contributed by atoms with E-state index >= 15 is 0 Å². The molecule has 4 rings (SSSR count). The minimum atomic E-state index is 0.605. The van der Waals surface area contributed by atoms with Crippen LogP contribution >= 0.6 is 0 Å². The van der Waals surface area contributed by atoms with E-state index in [0.29, 0.717) is 6.04 Å². The van der Waals surface area contributed by atoms with Gasteiger partial charge in [-0.05, 0) is 67.5 Å². The van der Waals surface area contributed by atoms with Gasteiger partial charge in [-0.15, -0.1) is 0 Å². The minimum Gasteiger partial charge on any atom is -0.310 e. The molecule has 1 fully saturated rings. The number of hydrogen-bond acceptors (Lipinski definition) is 1. The fourth-order valence-corrected chi connectivity index (χ4v) is 4.39. The molecule has 1 aromatic carbocycles. The van der Waals surface area contributed by atoms with Gasteiger partial charge in [0.15, 0.2) is 0 Å². The molecule has 0 amide bonds. The first-order valence-corrected chi connectivity index (χ1v) is 7.89. The maximum Gasteiger partial charge on any atom is 0.0323 e. The van der Waals surface area contributed by atoms with Crippen LogP contribution in [-0.2, 0) is 6.42 Å². The third-order valence-electron chi connectivity index (χ3n) is 5.41. The van der Waals surface area contributed by atoms with Crippen LogP contribution in [0.4, 0.5) is 0 Å². The monoisotopic (exact) mass is 253 g/mol. The van der Waals surface area contributed by atoms with Gasteiger partial charge in [-0.1, -0.05) is 36.4 Å². The van der Waals surface area contributed by atoms with Gasteiger partial charge in [0.05, 0.1) is 0 Å². The molecule has 0 heterocycles. The average molecular weight is 253 g/mol. The quantitative estimate of drug-likeness (QED) is 0.806. The normalized spacial score (nSPS) is 35.6. The van der Waals surface area contributed by atoms with E-state index in [1.54, 1.807) is 11.1 Å². The van der Waals surface area contributed by atoms with Crippen molar-refractivity contribution in [1.29, 1.82) is 0 Å². The van der Waals surface area contributed by atoms with Crippen molar-refractivity contribution in [2.45, 2.75) is 38.1 Å². The summed E-state index contributed by atoms with van der Waals surface area (Å²) in [6.45, 7) is 1.21. The van der Waals surface area contributed by atoms with Gasteiger partial charge < -0.3 is 5.32 Å². The Morgan fingerprint density at radius 1 is 1.11 bits per heavy atom. The second kappa shape index (κ2) is 4.79. The molecule has 1 N–H and O–H groups in total. The summed E-state index contributed by atoms with van der Waals surface area (Å²) in [5.41, 5.74) is 3.13. The molecule has 1 heteroatoms. The Balaban J connectivity index is 1.43. The van der Waals surface area contributed by atoms with Crippen LogP contribution < -0.4 is 5.32 Å². The van der Waals surface area contributed by atoms with Crippen molar-refractivity contribution in [3.05, 3.63) is 47.5 Å². The predicted octanol–water partition coefficient (Wildman–Crippen LogP) is 3.87. The largest absolute Gasteiger partial charge is 0.310 e. The highest BCUT2D eigenvalue weighted by atomic mass is 14.9. The van der Waals surface area contributed by atoms with Crippen molar-refractivity contribution in [2.75, 3.05) is 6.54 Å². The molecule has 0 radical (unpaired) electrons. The van der Waals surface area contributed by atoms with Gasteiger partial charge in [0.1, 0.15) is 0 Å². The molecule has 2 bridgehead atoms. The zero-order valence-corrected chi connectivity index (χ0v) is 11.5. The number of rotatable bonds is 3. The maximum atomic E-state index is 3.87. The van der Waals surface area contributed by atoms with Crippen molar-refractivity contribution in [3.8, 4) is 0 Å². The molecule has 3 aliphatic rings. The number of aryl methyl sites for hydroxylation is 1. The summed E-state index contributed by atoms with van der Waals surface area (Å²) in [5.74, 6) is 2.66. The Morgan fingerprint density at radius 3 is 2.89 bits per heavy atom. The first kappa shape index (κ1) is 11.7. The SMILES string of the molecule is C1=CC2CC1CC2CNC1CCCc2ccccc21. The predicted molar refractivity (Wildman–Crippen MR) is 79.0 cm³/mol. The molecule has 0 saturated heterocycles. The molecule has 0 aliphatic heterocycles. The number of nitrogens with one attached hydrogen (secondary N) is 1. The topological polar surface area (TPSA) is 12.0 Å². The lowest BCUT2D eigenvalue weighted by molar-refractivity contribution is 0.366. The molecule has 100 valence electrons. The first-order chi connectivity index (χ1) is 9.40. The van der Waals surface area contributed by atoms with Crippen molar-refractivity contribution >= 4 is 0 Å². The molecular weight excluding hydrogens is 230 g/mol. The molecule has 1 saturated carbocycles. The van der Waals surface area contributed by atoms with Crippen LogP contribution in [0, 0.1) is 17.8 Å². The lowest BCUT2D eigenvalue weighted by atomic mass is 9.87. The van der Waals surface area contributed by atoms with Crippen LogP contribution in [0.2, 0.25) is 0 Å². The van der Waals surface area contributed by atoms with Gasteiger partial charge in [0.2, 0.25) is 0 Å². The Morgan fingerprint density at radius 2 is 2.05 bits per heavy atom. The van der Waals surface area contributed by atoms with Crippen molar-refractivity contribution < 1.29 is 0 Å². The second-order valence-electron chi connectivity index (χ2n) is 6.59. The standard InChI is InChI=1S/C18H23N/c1-2-6-17-14(4-1)5-3-7-18(17)19-12-16-11-13-8-9-15(16)10-13/h1-2,4,6,8-9,13,15-16,18-19H,3,5,7,10-12H2. The average Bonchev–Trinajstić information content (AvgIpc) is 3.07. The summed E-state index contributed by atoms with van der Waals surface area (Å²) < 4.78 is 0. The summed E-state index contributed by atoms with van der Waals surface area (Å²) in [6.07, 6.45) is 11.7. The van der Waals surface area contributed by atoms with Gasteiger partial charge in [-0.25, -0.2) is 0 Å². The fraction of sp³-hybridized carbons (Fsp3) is 0.556. The van der Waals surface area contributed by atoms with E-state index in [4.69, 9.17) is 0 Å². The molecule has 4 atom stereocenters. The zero-order valence-electron chi connectivity index (χ0n) is 11.5. The lowest BCUT2D eigenvalue weighted by Gasteiger charge is -2.29. The maximum absolute atomic E-state index is 3.87. The van der Waals surface area contributed by atoms with Gasteiger partial charge in [-0.3, -0.25) is 0 Å². The Kier molecular flexibility index (Phi) is 2.96. The number of fused-ring (bicyclic) bond motifs is 3. The van der Waals surface area contributed by atoms with Crippen molar-refractivity contribution in [3.63, 3.8) is 0 Å². The number of benzene rings is 1. The summed E-state index contributed by atoms with van der Waals surface area (Å²) in [4.78, 5) is 0. The van der Waals surface area contributed by atoms with Crippen LogP contribution in [-0.4, -0.2) is 6.54 Å². The van der Waals surface area contributed by atoms with E-state index in [2.05, 4.69) is 41.7 Å². The van der Waals surface area contributed by atoms with Crippen LogP contribution in [0.15, 0.2) is 36.4 Å². The highest BCUT2D eigenvalue weighted by Gasteiger charge is 2.35. The van der Waals surface area contributed by atoms with Gasteiger partial charge >= 0.3 is 0 Å². The summed E-state index contributed by atoms with van der Waals surface area (Å²) in [7, 11) is 0. The van der Waals surface area contributed by atoms with Gasteiger partial charge in [-0.2, -0.15) is 0 Å². The Hall–Kier alpha value is -1.08. The fourth-order valence-electron chi connectivity index (χ4n) is 4.39.